The molecule has 110 valence electrons. The van der Waals surface area contributed by atoms with Crippen molar-refractivity contribution in [3.8, 4) is 6.07 Å². The lowest BCUT2D eigenvalue weighted by atomic mass is 10.1. The summed E-state index contributed by atoms with van der Waals surface area (Å²) >= 11 is 0. The van der Waals surface area contributed by atoms with Crippen molar-refractivity contribution in [1.29, 1.82) is 5.26 Å². The molecule has 0 aliphatic carbocycles. The predicted octanol–water partition coefficient (Wildman–Crippen LogP) is 1.63. The van der Waals surface area contributed by atoms with Gasteiger partial charge in [-0.1, -0.05) is 0 Å². The van der Waals surface area contributed by atoms with E-state index in [1.165, 1.54) is 0 Å². The molecule has 1 unspecified atom stereocenters. The van der Waals surface area contributed by atoms with Crippen LogP contribution in [0.25, 0.3) is 0 Å². The van der Waals surface area contributed by atoms with Crippen LogP contribution in [0.15, 0.2) is 0 Å². The van der Waals surface area contributed by atoms with E-state index in [4.69, 9.17) is 0 Å². The molecule has 1 aromatic heterocycles. The third-order valence-corrected chi connectivity index (χ3v) is 4.37. The van der Waals surface area contributed by atoms with Gasteiger partial charge in [0, 0.05) is 39.3 Å². The lowest BCUT2D eigenvalue weighted by Gasteiger charge is -2.38. The lowest BCUT2D eigenvalue weighted by molar-refractivity contribution is 0.0912. The van der Waals surface area contributed by atoms with Gasteiger partial charge in [-0.15, -0.1) is 0 Å². The second-order valence-electron chi connectivity index (χ2n) is 5.89. The van der Waals surface area contributed by atoms with Crippen molar-refractivity contribution in [3.05, 3.63) is 17.2 Å². The molecule has 1 atom stereocenters. The van der Waals surface area contributed by atoms with E-state index in [0.717, 1.165) is 43.4 Å². The number of aromatic nitrogens is 2. The number of nitrogens with zero attached hydrogens (tertiary/aromatic N) is 5. The molecule has 0 bridgehead atoms. The summed E-state index contributed by atoms with van der Waals surface area (Å²) in [6.45, 7) is 12.4. The number of imidazole rings is 1. The predicted molar refractivity (Wildman–Crippen MR) is 79.3 cm³/mol. The second-order valence-corrected chi connectivity index (χ2v) is 5.89. The molecule has 1 fully saturated rings. The summed E-state index contributed by atoms with van der Waals surface area (Å²) in [4.78, 5) is 9.24. The van der Waals surface area contributed by atoms with E-state index < -0.39 is 0 Å². The molecule has 5 nitrogen and oxygen atoms in total. The highest BCUT2D eigenvalue weighted by Crippen LogP contribution is 2.25. The average Bonchev–Trinajstić information content (AvgIpc) is 2.67. The number of hydrogen-bond acceptors (Lipinski definition) is 4. The molecule has 0 aromatic carbocycles. The summed E-state index contributed by atoms with van der Waals surface area (Å²) in [7, 11) is 2.00. The van der Waals surface area contributed by atoms with E-state index in [1.54, 1.807) is 0 Å². The first kappa shape index (κ1) is 15.0. The Hall–Kier alpha value is -1.38. The molecule has 0 N–H and O–H groups in total. The SMILES string of the molecule is Cc1nc(C)n(C)c1C(C#N)N1CCN(C(C)C)CC1. The molecule has 0 amide bonds. The van der Waals surface area contributed by atoms with Crippen LogP contribution in [-0.4, -0.2) is 51.6 Å². The topological polar surface area (TPSA) is 48.1 Å². The van der Waals surface area contributed by atoms with Crippen LogP contribution in [0.4, 0.5) is 0 Å². The van der Waals surface area contributed by atoms with Crippen molar-refractivity contribution in [3.63, 3.8) is 0 Å². The fourth-order valence-electron chi connectivity index (χ4n) is 3.00. The van der Waals surface area contributed by atoms with Crippen molar-refractivity contribution in [1.82, 2.24) is 19.4 Å². The first-order valence-corrected chi connectivity index (χ1v) is 7.33. The van der Waals surface area contributed by atoms with Crippen LogP contribution < -0.4 is 0 Å². The largest absolute Gasteiger partial charge is 0.333 e. The molecule has 2 heterocycles. The Balaban J connectivity index is 2.17. The van der Waals surface area contributed by atoms with Crippen molar-refractivity contribution < 1.29 is 0 Å². The monoisotopic (exact) mass is 275 g/mol. The van der Waals surface area contributed by atoms with Gasteiger partial charge in [0.2, 0.25) is 0 Å². The van der Waals surface area contributed by atoms with Gasteiger partial charge in [-0.05, 0) is 27.7 Å². The zero-order valence-corrected chi connectivity index (χ0v) is 13.2. The molecular weight excluding hydrogens is 250 g/mol. The van der Waals surface area contributed by atoms with E-state index in [1.807, 2.05) is 20.9 Å². The maximum absolute atomic E-state index is 9.62. The van der Waals surface area contributed by atoms with Crippen molar-refractivity contribution in [2.75, 3.05) is 26.2 Å². The molecule has 0 saturated carbocycles. The molecule has 0 radical (unpaired) electrons. The van der Waals surface area contributed by atoms with Gasteiger partial charge in [-0.3, -0.25) is 9.80 Å². The van der Waals surface area contributed by atoms with Crippen LogP contribution in [0.1, 0.15) is 37.1 Å². The van der Waals surface area contributed by atoms with E-state index >= 15 is 0 Å². The minimum Gasteiger partial charge on any atom is -0.333 e. The van der Waals surface area contributed by atoms with Gasteiger partial charge in [-0.2, -0.15) is 5.26 Å². The normalized spacial score (nSPS) is 19.2. The smallest absolute Gasteiger partial charge is 0.140 e. The van der Waals surface area contributed by atoms with Gasteiger partial charge in [0.25, 0.3) is 0 Å². The Labute approximate surface area is 121 Å². The van der Waals surface area contributed by atoms with Crippen LogP contribution >= 0.6 is 0 Å². The Kier molecular flexibility index (Phi) is 4.46. The Morgan fingerprint density at radius 2 is 1.65 bits per heavy atom. The third-order valence-electron chi connectivity index (χ3n) is 4.37. The zero-order valence-electron chi connectivity index (χ0n) is 13.2. The van der Waals surface area contributed by atoms with E-state index in [-0.39, 0.29) is 6.04 Å². The fraction of sp³-hybridized carbons (Fsp3) is 0.733. The molecule has 1 saturated heterocycles. The molecule has 1 aliphatic rings. The summed E-state index contributed by atoms with van der Waals surface area (Å²) in [6, 6.07) is 2.87. The molecule has 20 heavy (non-hydrogen) atoms. The van der Waals surface area contributed by atoms with Gasteiger partial charge >= 0.3 is 0 Å². The van der Waals surface area contributed by atoms with Crippen molar-refractivity contribution in [2.45, 2.75) is 39.8 Å². The molecule has 5 heteroatoms. The summed E-state index contributed by atoms with van der Waals surface area (Å²) < 4.78 is 2.05. The van der Waals surface area contributed by atoms with E-state index in [9.17, 15) is 5.26 Å². The van der Waals surface area contributed by atoms with Gasteiger partial charge < -0.3 is 4.57 Å². The highest BCUT2D eigenvalue weighted by atomic mass is 15.3. The third kappa shape index (κ3) is 2.72. The van der Waals surface area contributed by atoms with Gasteiger partial charge in [0.05, 0.1) is 17.5 Å². The second kappa shape index (κ2) is 5.94. The summed E-state index contributed by atoms with van der Waals surface area (Å²) in [5, 5.41) is 9.62. The quantitative estimate of drug-likeness (QED) is 0.841. The van der Waals surface area contributed by atoms with Gasteiger partial charge in [0.15, 0.2) is 0 Å². The van der Waals surface area contributed by atoms with Crippen LogP contribution in [0.3, 0.4) is 0 Å². The van der Waals surface area contributed by atoms with Crippen LogP contribution in [0.2, 0.25) is 0 Å². The van der Waals surface area contributed by atoms with E-state index in [2.05, 4.69) is 39.3 Å². The van der Waals surface area contributed by atoms with E-state index in [0.29, 0.717) is 6.04 Å². The number of hydrogen-bond donors (Lipinski definition) is 0. The zero-order chi connectivity index (χ0) is 14.9. The maximum Gasteiger partial charge on any atom is 0.140 e. The minimum absolute atomic E-state index is 0.185. The molecule has 1 aliphatic heterocycles. The summed E-state index contributed by atoms with van der Waals surface area (Å²) in [5.41, 5.74) is 2.02. The number of piperazine rings is 1. The number of aryl methyl sites for hydroxylation is 2. The standard InChI is InChI=1S/C15H25N5/c1-11(2)19-6-8-20(9-7-19)14(10-16)15-12(3)17-13(4)18(15)5/h11,14H,6-9H2,1-5H3. The number of nitriles is 1. The molecular formula is C15H25N5. The summed E-state index contributed by atoms with van der Waals surface area (Å²) in [5.74, 6) is 0.971. The molecule has 0 spiro atoms. The minimum atomic E-state index is -0.185. The van der Waals surface area contributed by atoms with Crippen LogP contribution in [0.5, 0.6) is 0 Å². The fourth-order valence-corrected chi connectivity index (χ4v) is 3.00. The Morgan fingerprint density at radius 1 is 1.10 bits per heavy atom. The first-order valence-electron chi connectivity index (χ1n) is 7.33. The van der Waals surface area contributed by atoms with Crippen molar-refractivity contribution in [2.24, 2.45) is 7.05 Å². The summed E-state index contributed by atoms with van der Waals surface area (Å²) in [6.07, 6.45) is 0. The lowest BCUT2D eigenvalue weighted by Crippen LogP contribution is -2.49. The van der Waals surface area contributed by atoms with Gasteiger partial charge in [-0.25, -0.2) is 4.98 Å². The first-order chi connectivity index (χ1) is 9.45. The highest BCUT2D eigenvalue weighted by molar-refractivity contribution is 5.24. The Morgan fingerprint density at radius 3 is 2.05 bits per heavy atom. The molecule has 2 rings (SSSR count). The Bertz CT molecular complexity index is 503. The average molecular weight is 275 g/mol. The maximum atomic E-state index is 9.62. The highest BCUT2D eigenvalue weighted by Gasteiger charge is 2.29. The van der Waals surface area contributed by atoms with Crippen LogP contribution in [-0.2, 0) is 7.05 Å². The number of rotatable bonds is 3. The van der Waals surface area contributed by atoms with Crippen molar-refractivity contribution >= 4 is 0 Å². The molecule has 1 aromatic rings. The van der Waals surface area contributed by atoms with Gasteiger partial charge in [0.1, 0.15) is 11.9 Å². The van der Waals surface area contributed by atoms with Crippen LogP contribution in [0, 0.1) is 25.2 Å².